The summed E-state index contributed by atoms with van der Waals surface area (Å²) in [6.07, 6.45) is 0. The van der Waals surface area contributed by atoms with E-state index in [1.807, 2.05) is 37.3 Å². The van der Waals surface area contributed by atoms with Crippen LogP contribution in [0.25, 0.3) is 0 Å². The summed E-state index contributed by atoms with van der Waals surface area (Å²) in [6.45, 7) is 4.07. The van der Waals surface area contributed by atoms with Gasteiger partial charge in [-0.2, -0.15) is 5.10 Å². The maximum Gasteiger partial charge on any atom is 0.0648 e. The molecule has 2 aromatic carbocycles. The van der Waals surface area contributed by atoms with Crippen LogP contribution in [0.15, 0.2) is 59.7 Å². The summed E-state index contributed by atoms with van der Waals surface area (Å²) >= 11 is 0. The first-order valence-electron chi connectivity index (χ1n) is 5.68. The van der Waals surface area contributed by atoms with E-state index in [4.69, 9.17) is 0 Å². The number of aryl methyl sites for hydroxylation is 1. The fourth-order valence-electron chi connectivity index (χ4n) is 1.61. The van der Waals surface area contributed by atoms with Crippen LogP contribution in [-0.2, 0) is 0 Å². The maximum atomic E-state index is 4.37. The van der Waals surface area contributed by atoms with Crippen molar-refractivity contribution in [1.82, 2.24) is 0 Å². The van der Waals surface area contributed by atoms with Crippen LogP contribution in [0.3, 0.4) is 0 Å². The number of rotatable bonds is 3. The highest BCUT2D eigenvalue weighted by Gasteiger charge is 1.95. The zero-order chi connectivity index (χ0) is 12.1. The van der Waals surface area contributed by atoms with Crippen LogP contribution in [0.5, 0.6) is 0 Å². The van der Waals surface area contributed by atoms with E-state index in [1.165, 1.54) is 5.56 Å². The lowest BCUT2D eigenvalue weighted by Crippen LogP contribution is -1.99. The Labute approximate surface area is 102 Å². The van der Waals surface area contributed by atoms with E-state index in [-0.39, 0.29) is 0 Å². The molecule has 2 rings (SSSR count). The van der Waals surface area contributed by atoms with Crippen molar-refractivity contribution in [2.24, 2.45) is 5.10 Å². The van der Waals surface area contributed by atoms with Crippen LogP contribution in [-0.4, -0.2) is 5.71 Å². The molecule has 1 N–H and O–H groups in total. The Bertz CT molecular complexity index is 515. The molecular formula is C15H16N2. The first-order valence-corrected chi connectivity index (χ1v) is 5.68. The van der Waals surface area contributed by atoms with Gasteiger partial charge in [0.2, 0.25) is 0 Å². The van der Waals surface area contributed by atoms with Crippen molar-refractivity contribution in [3.63, 3.8) is 0 Å². The van der Waals surface area contributed by atoms with Crippen LogP contribution in [0.4, 0.5) is 5.69 Å². The van der Waals surface area contributed by atoms with Gasteiger partial charge in [-0.25, -0.2) is 0 Å². The quantitative estimate of drug-likeness (QED) is 0.622. The molecular weight excluding hydrogens is 208 g/mol. The lowest BCUT2D eigenvalue weighted by atomic mass is 10.1. The van der Waals surface area contributed by atoms with Crippen molar-refractivity contribution >= 4 is 11.4 Å². The van der Waals surface area contributed by atoms with Gasteiger partial charge in [0.15, 0.2) is 0 Å². The Hall–Kier alpha value is -2.09. The van der Waals surface area contributed by atoms with Gasteiger partial charge < -0.3 is 0 Å². The van der Waals surface area contributed by atoms with Gasteiger partial charge in [-0.1, -0.05) is 42.5 Å². The van der Waals surface area contributed by atoms with Crippen molar-refractivity contribution in [2.45, 2.75) is 13.8 Å². The van der Waals surface area contributed by atoms with Crippen molar-refractivity contribution in [1.29, 1.82) is 0 Å². The highest BCUT2D eigenvalue weighted by atomic mass is 15.3. The summed E-state index contributed by atoms with van der Waals surface area (Å²) in [7, 11) is 0. The average molecular weight is 224 g/mol. The van der Waals surface area contributed by atoms with Crippen LogP contribution in [0.2, 0.25) is 0 Å². The van der Waals surface area contributed by atoms with Gasteiger partial charge in [-0.05, 0) is 37.1 Å². The van der Waals surface area contributed by atoms with Gasteiger partial charge in [-0.15, -0.1) is 0 Å². The van der Waals surface area contributed by atoms with E-state index in [0.29, 0.717) is 0 Å². The standard InChI is InChI=1S/C15H16N2/c1-12-7-6-10-15(11-12)17-16-13(2)14-8-4-3-5-9-14/h3-11,17H,1-2H3/b16-13-. The first-order chi connectivity index (χ1) is 8.25. The molecule has 0 heterocycles. The number of hydrogen-bond donors (Lipinski definition) is 1. The van der Waals surface area contributed by atoms with Gasteiger partial charge in [0.1, 0.15) is 0 Å². The minimum atomic E-state index is 0.979. The summed E-state index contributed by atoms with van der Waals surface area (Å²) in [4.78, 5) is 0. The molecule has 2 heteroatoms. The summed E-state index contributed by atoms with van der Waals surface area (Å²) in [5.41, 5.74) is 7.42. The number of anilines is 1. The zero-order valence-corrected chi connectivity index (χ0v) is 10.1. The first kappa shape index (κ1) is 11.4. The van der Waals surface area contributed by atoms with Gasteiger partial charge in [0.05, 0.1) is 11.4 Å². The molecule has 0 fully saturated rings. The summed E-state index contributed by atoms with van der Waals surface area (Å²) < 4.78 is 0. The van der Waals surface area contributed by atoms with Crippen LogP contribution < -0.4 is 5.43 Å². The number of benzene rings is 2. The Morgan fingerprint density at radius 3 is 2.47 bits per heavy atom. The predicted octanol–water partition coefficient (Wildman–Crippen LogP) is 3.83. The van der Waals surface area contributed by atoms with E-state index in [1.54, 1.807) is 0 Å². The number of nitrogens with one attached hydrogen (secondary N) is 1. The molecule has 0 saturated heterocycles. The molecule has 0 unspecified atom stereocenters. The lowest BCUT2D eigenvalue weighted by molar-refractivity contribution is 1.31. The SMILES string of the molecule is C/C(=N/Nc1cccc(C)c1)c1ccccc1. The van der Waals surface area contributed by atoms with Gasteiger partial charge in [0, 0.05) is 0 Å². The number of hydrogen-bond acceptors (Lipinski definition) is 2. The minimum absolute atomic E-state index is 0.979. The monoisotopic (exact) mass is 224 g/mol. The van der Waals surface area contributed by atoms with Crippen LogP contribution >= 0.6 is 0 Å². The topological polar surface area (TPSA) is 24.4 Å². The Balaban J connectivity index is 2.11. The second-order valence-electron chi connectivity index (χ2n) is 4.04. The largest absolute Gasteiger partial charge is 0.278 e. The number of nitrogens with zero attached hydrogens (tertiary/aromatic N) is 1. The third-order valence-corrected chi connectivity index (χ3v) is 2.56. The lowest BCUT2D eigenvalue weighted by Gasteiger charge is -2.04. The smallest absolute Gasteiger partial charge is 0.0648 e. The Kier molecular flexibility index (Phi) is 3.55. The fraction of sp³-hybridized carbons (Fsp3) is 0.133. The molecule has 0 aliphatic carbocycles. The van der Waals surface area contributed by atoms with Crippen LogP contribution in [0, 0.1) is 6.92 Å². The molecule has 2 aromatic rings. The van der Waals surface area contributed by atoms with Gasteiger partial charge >= 0.3 is 0 Å². The number of hydrazone groups is 1. The molecule has 86 valence electrons. The third-order valence-electron chi connectivity index (χ3n) is 2.56. The van der Waals surface area contributed by atoms with Crippen molar-refractivity contribution in [3.05, 3.63) is 65.7 Å². The average Bonchev–Trinajstić information content (AvgIpc) is 2.37. The molecule has 17 heavy (non-hydrogen) atoms. The second-order valence-corrected chi connectivity index (χ2v) is 4.04. The van der Waals surface area contributed by atoms with E-state index >= 15 is 0 Å². The molecule has 0 saturated carbocycles. The highest BCUT2D eigenvalue weighted by Crippen LogP contribution is 2.10. The summed E-state index contributed by atoms with van der Waals surface area (Å²) in [5, 5.41) is 4.37. The third kappa shape index (κ3) is 3.18. The Morgan fingerprint density at radius 1 is 1.00 bits per heavy atom. The van der Waals surface area contributed by atoms with E-state index in [0.717, 1.165) is 17.0 Å². The van der Waals surface area contributed by atoms with E-state index in [2.05, 4.69) is 41.7 Å². The van der Waals surface area contributed by atoms with Crippen molar-refractivity contribution in [3.8, 4) is 0 Å². The van der Waals surface area contributed by atoms with Gasteiger partial charge in [0.25, 0.3) is 0 Å². The molecule has 0 atom stereocenters. The normalized spacial score (nSPS) is 11.3. The molecule has 0 bridgehead atoms. The Morgan fingerprint density at radius 2 is 1.76 bits per heavy atom. The maximum absolute atomic E-state index is 4.37. The highest BCUT2D eigenvalue weighted by molar-refractivity contribution is 5.99. The minimum Gasteiger partial charge on any atom is -0.278 e. The van der Waals surface area contributed by atoms with Crippen molar-refractivity contribution < 1.29 is 0 Å². The molecule has 0 radical (unpaired) electrons. The summed E-state index contributed by atoms with van der Waals surface area (Å²) in [5.74, 6) is 0. The second kappa shape index (κ2) is 5.30. The van der Waals surface area contributed by atoms with Crippen LogP contribution in [0.1, 0.15) is 18.1 Å². The molecule has 2 nitrogen and oxygen atoms in total. The zero-order valence-electron chi connectivity index (χ0n) is 10.1. The van der Waals surface area contributed by atoms with Gasteiger partial charge in [-0.3, -0.25) is 5.43 Å². The van der Waals surface area contributed by atoms with Crippen molar-refractivity contribution in [2.75, 3.05) is 5.43 Å². The fourth-order valence-corrected chi connectivity index (χ4v) is 1.61. The predicted molar refractivity (Wildman–Crippen MR) is 73.5 cm³/mol. The molecule has 0 aliphatic rings. The summed E-state index contributed by atoms with van der Waals surface area (Å²) in [6, 6.07) is 18.3. The van der Waals surface area contributed by atoms with E-state index < -0.39 is 0 Å². The van der Waals surface area contributed by atoms with E-state index in [9.17, 15) is 0 Å². The molecule has 0 aromatic heterocycles. The molecule has 0 amide bonds. The molecule has 0 spiro atoms. The molecule has 0 aliphatic heterocycles.